The molecule has 2 fully saturated rings. The maximum absolute atomic E-state index is 12.2. The minimum atomic E-state index is -3.09. The predicted molar refractivity (Wildman–Crippen MR) is 78.5 cm³/mol. The Balaban J connectivity index is 1.78. The minimum absolute atomic E-state index is 0.160. The van der Waals surface area contributed by atoms with Crippen LogP contribution in [0.15, 0.2) is 0 Å². The predicted octanol–water partition coefficient (Wildman–Crippen LogP) is 1.73. The van der Waals surface area contributed by atoms with Crippen molar-refractivity contribution in [2.75, 3.05) is 18.8 Å². The highest BCUT2D eigenvalue weighted by molar-refractivity contribution is 7.89. The summed E-state index contributed by atoms with van der Waals surface area (Å²) in [6, 6.07) is 0.160. The largest absolute Gasteiger partial charge is 0.317 e. The fourth-order valence-electron chi connectivity index (χ4n) is 3.31. The maximum Gasteiger partial charge on any atom is 0.211 e. The van der Waals surface area contributed by atoms with Crippen molar-refractivity contribution >= 4 is 10.0 Å². The Labute approximate surface area is 117 Å². The summed E-state index contributed by atoms with van der Waals surface area (Å²) in [5.74, 6) is 1.98. The molecule has 112 valence electrons. The number of hydrogen-bond donors (Lipinski definition) is 2. The van der Waals surface area contributed by atoms with Gasteiger partial charge in [0.1, 0.15) is 0 Å². The van der Waals surface area contributed by atoms with Gasteiger partial charge >= 0.3 is 0 Å². The Hall–Kier alpha value is -0.130. The number of piperidine rings is 1. The summed E-state index contributed by atoms with van der Waals surface area (Å²) in [6.45, 7) is 6.45. The van der Waals surface area contributed by atoms with Gasteiger partial charge in [0.25, 0.3) is 0 Å². The average Bonchev–Trinajstić information content (AvgIpc) is 2.69. The van der Waals surface area contributed by atoms with Gasteiger partial charge in [-0.25, -0.2) is 13.1 Å². The number of nitrogens with one attached hydrogen (secondary N) is 2. The summed E-state index contributed by atoms with van der Waals surface area (Å²) in [5, 5.41) is 3.32. The summed E-state index contributed by atoms with van der Waals surface area (Å²) in [7, 11) is -3.09. The monoisotopic (exact) mass is 288 g/mol. The van der Waals surface area contributed by atoms with Crippen molar-refractivity contribution in [1.82, 2.24) is 10.0 Å². The molecular formula is C14H28N2O2S. The Kier molecular flexibility index (Phi) is 5.26. The standard InChI is InChI=1S/C14H28N2O2S/c1-11-3-4-14(12(11)2)16-19(17,18)10-7-13-5-8-15-9-6-13/h11-16H,3-10H2,1-2H3. The Morgan fingerprint density at radius 3 is 2.37 bits per heavy atom. The molecule has 1 aliphatic carbocycles. The Morgan fingerprint density at radius 1 is 1.11 bits per heavy atom. The second-order valence-corrected chi connectivity index (χ2v) is 8.31. The molecule has 0 spiro atoms. The number of sulfonamides is 1. The molecule has 0 aromatic rings. The Bertz CT molecular complexity index is 377. The topological polar surface area (TPSA) is 58.2 Å². The molecule has 1 heterocycles. The molecular weight excluding hydrogens is 260 g/mol. The summed E-state index contributed by atoms with van der Waals surface area (Å²) in [5.41, 5.74) is 0. The lowest BCUT2D eigenvalue weighted by atomic mass is 9.96. The van der Waals surface area contributed by atoms with E-state index in [1.54, 1.807) is 0 Å². The van der Waals surface area contributed by atoms with Crippen LogP contribution >= 0.6 is 0 Å². The molecule has 4 nitrogen and oxygen atoms in total. The van der Waals surface area contributed by atoms with E-state index in [9.17, 15) is 8.42 Å². The third-order valence-electron chi connectivity index (χ3n) is 5.05. The zero-order chi connectivity index (χ0) is 13.9. The molecule has 2 aliphatic rings. The van der Waals surface area contributed by atoms with Crippen molar-refractivity contribution < 1.29 is 8.42 Å². The SMILES string of the molecule is CC1CCC(NS(=O)(=O)CCC2CCNCC2)C1C. The second-order valence-electron chi connectivity index (χ2n) is 6.44. The van der Waals surface area contributed by atoms with Gasteiger partial charge in [-0.3, -0.25) is 0 Å². The van der Waals surface area contributed by atoms with Crippen molar-refractivity contribution in [1.29, 1.82) is 0 Å². The first-order chi connectivity index (χ1) is 8.98. The van der Waals surface area contributed by atoms with Crippen molar-refractivity contribution in [2.24, 2.45) is 17.8 Å². The average molecular weight is 288 g/mol. The molecule has 1 saturated carbocycles. The zero-order valence-electron chi connectivity index (χ0n) is 12.2. The van der Waals surface area contributed by atoms with Crippen LogP contribution in [0.1, 0.15) is 46.0 Å². The molecule has 3 unspecified atom stereocenters. The lowest BCUT2D eigenvalue weighted by molar-refractivity contribution is 0.363. The molecule has 5 heteroatoms. The summed E-state index contributed by atoms with van der Waals surface area (Å²) >= 11 is 0. The van der Waals surface area contributed by atoms with Gasteiger partial charge in [-0.2, -0.15) is 0 Å². The van der Waals surface area contributed by atoms with Crippen LogP contribution in [0.4, 0.5) is 0 Å². The van der Waals surface area contributed by atoms with Crippen LogP contribution in [0.25, 0.3) is 0 Å². The molecule has 19 heavy (non-hydrogen) atoms. The van der Waals surface area contributed by atoms with Gasteiger partial charge in [0.15, 0.2) is 0 Å². The molecule has 2 N–H and O–H groups in total. The molecule has 0 amide bonds. The lowest BCUT2D eigenvalue weighted by Crippen LogP contribution is -2.39. The van der Waals surface area contributed by atoms with Crippen LogP contribution in [0.5, 0.6) is 0 Å². The molecule has 0 aromatic carbocycles. The van der Waals surface area contributed by atoms with E-state index in [1.807, 2.05) is 0 Å². The van der Waals surface area contributed by atoms with E-state index in [0.29, 0.717) is 23.5 Å². The molecule has 3 atom stereocenters. The van der Waals surface area contributed by atoms with E-state index in [4.69, 9.17) is 0 Å². The van der Waals surface area contributed by atoms with Gasteiger partial charge in [0.05, 0.1) is 5.75 Å². The van der Waals surface area contributed by atoms with Crippen molar-refractivity contribution in [3.05, 3.63) is 0 Å². The number of rotatable bonds is 5. The first kappa shape index (κ1) is 15.3. The van der Waals surface area contributed by atoms with Crippen molar-refractivity contribution in [2.45, 2.75) is 52.0 Å². The molecule has 1 saturated heterocycles. The normalized spacial score (nSPS) is 33.7. The summed E-state index contributed by atoms with van der Waals surface area (Å²) < 4.78 is 27.2. The Morgan fingerprint density at radius 2 is 1.79 bits per heavy atom. The van der Waals surface area contributed by atoms with Gasteiger partial charge in [-0.05, 0) is 62.9 Å². The molecule has 0 aromatic heterocycles. The van der Waals surface area contributed by atoms with E-state index < -0.39 is 10.0 Å². The summed E-state index contributed by atoms with van der Waals surface area (Å²) in [6.07, 6.45) is 5.18. The van der Waals surface area contributed by atoms with E-state index in [1.165, 1.54) is 0 Å². The highest BCUT2D eigenvalue weighted by Gasteiger charge is 2.32. The van der Waals surface area contributed by atoms with Crippen LogP contribution < -0.4 is 10.0 Å². The van der Waals surface area contributed by atoms with Crippen molar-refractivity contribution in [3.8, 4) is 0 Å². The molecule has 1 aliphatic heterocycles. The van der Waals surface area contributed by atoms with Crippen LogP contribution in [0, 0.1) is 17.8 Å². The van der Waals surface area contributed by atoms with Gasteiger partial charge < -0.3 is 5.32 Å². The van der Waals surface area contributed by atoms with E-state index in [-0.39, 0.29) is 6.04 Å². The first-order valence-corrected chi connectivity index (χ1v) is 9.34. The number of hydrogen-bond acceptors (Lipinski definition) is 3. The van der Waals surface area contributed by atoms with E-state index in [2.05, 4.69) is 23.9 Å². The van der Waals surface area contributed by atoms with Gasteiger partial charge in [0, 0.05) is 6.04 Å². The lowest BCUT2D eigenvalue weighted by Gasteiger charge is -2.23. The second kappa shape index (κ2) is 6.55. The third-order valence-corrected chi connectivity index (χ3v) is 6.48. The minimum Gasteiger partial charge on any atom is -0.317 e. The maximum atomic E-state index is 12.2. The van der Waals surface area contributed by atoms with Crippen LogP contribution in [0.3, 0.4) is 0 Å². The first-order valence-electron chi connectivity index (χ1n) is 7.68. The zero-order valence-corrected chi connectivity index (χ0v) is 13.0. The third kappa shape index (κ3) is 4.43. The molecule has 0 radical (unpaired) electrons. The van der Waals surface area contributed by atoms with E-state index >= 15 is 0 Å². The van der Waals surface area contributed by atoms with Crippen LogP contribution in [-0.4, -0.2) is 33.3 Å². The van der Waals surface area contributed by atoms with Crippen molar-refractivity contribution in [3.63, 3.8) is 0 Å². The summed E-state index contributed by atoms with van der Waals surface area (Å²) in [4.78, 5) is 0. The molecule has 0 bridgehead atoms. The quantitative estimate of drug-likeness (QED) is 0.810. The highest BCUT2D eigenvalue weighted by atomic mass is 32.2. The van der Waals surface area contributed by atoms with Crippen LogP contribution in [0.2, 0.25) is 0 Å². The highest BCUT2D eigenvalue weighted by Crippen LogP contribution is 2.31. The smallest absolute Gasteiger partial charge is 0.211 e. The fourth-order valence-corrected chi connectivity index (χ4v) is 4.87. The fraction of sp³-hybridized carbons (Fsp3) is 1.00. The van der Waals surface area contributed by atoms with Gasteiger partial charge in [-0.1, -0.05) is 13.8 Å². The van der Waals surface area contributed by atoms with E-state index in [0.717, 1.165) is 45.2 Å². The van der Waals surface area contributed by atoms with Gasteiger partial charge in [-0.15, -0.1) is 0 Å². The van der Waals surface area contributed by atoms with Crippen LogP contribution in [-0.2, 0) is 10.0 Å². The molecule has 2 rings (SSSR count). The van der Waals surface area contributed by atoms with Gasteiger partial charge in [0.2, 0.25) is 10.0 Å².